The quantitative estimate of drug-likeness (QED) is 0.582. The van der Waals surface area contributed by atoms with Gasteiger partial charge < -0.3 is 0 Å². The molecular weight excluding hydrogens is 188 g/mol. The fraction of sp³-hybridized carbons (Fsp3) is 0.875. The second kappa shape index (κ2) is 5.95. The van der Waals surface area contributed by atoms with Gasteiger partial charge in [-0.05, 0) is 20.0 Å². The molecule has 0 aliphatic heterocycles. The fourth-order valence-corrected chi connectivity index (χ4v) is 1.76. The second-order valence-electron chi connectivity index (χ2n) is 2.99. The van der Waals surface area contributed by atoms with Gasteiger partial charge in [-0.15, -0.1) is 0 Å². The third kappa shape index (κ3) is 6.55. The highest BCUT2D eigenvalue weighted by Crippen LogP contribution is 1.94. The zero-order valence-corrected chi connectivity index (χ0v) is 8.97. The van der Waals surface area contributed by atoms with E-state index in [4.69, 9.17) is 5.26 Å². The third-order valence-corrected chi connectivity index (χ3v) is 3.57. The fourth-order valence-electron chi connectivity index (χ4n) is 0.898. The van der Waals surface area contributed by atoms with Crippen LogP contribution in [0.5, 0.6) is 0 Å². The molecule has 0 fully saturated rings. The van der Waals surface area contributed by atoms with Gasteiger partial charge in [0.05, 0.1) is 18.4 Å². The summed E-state index contributed by atoms with van der Waals surface area (Å²) in [5.41, 5.74) is 0. The highest BCUT2D eigenvalue weighted by molar-refractivity contribution is 7.91. The number of hydrogen-bond donors (Lipinski definition) is 0. The molecule has 0 aromatic carbocycles. The summed E-state index contributed by atoms with van der Waals surface area (Å²) in [6, 6.07) is 2.01. The maximum absolute atomic E-state index is 11.1. The molecule has 0 aliphatic carbocycles. The average molecular weight is 204 g/mol. The van der Waals surface area contributed by atoms with Crippen LogP contribution in [0.25, 0.3) is 0 Å². The standard InChI is InChI=1S/C8H16N2O2S/c1-3-13(11,12)8-4-6-10(2)7-5-9/h3-4,6-8H2,1-2H3. The molecule has 0 rings (SSSR count). The number of rotatable bonds is 6. The normalized spacial score (nSPS) is 11.5. The number of hydrogen-bond acceptors (Lipinski definition) is 4. The van der Waals surface area contributed by atoms with E-state index in [9.17, 15) is 8.42 Å². The van der Waals surface area contributed by atoms with Crippen LogP contribution < -0.4 is 0 Å². The van der Waals surface area contributed by atoms with Crippen LogP contribution >= 0.6 is 0 Å². The third-order valence-electron chi connectivity index (χ3n) is 1.78. The van der Waals surface area contributed by atoms with E-state index in [1.807, 2.05) is 18.0 Å². The lowest BCUT2D eigenvalue weighted by Crippen LogP contribution is -2.22. The van der Waals surface area contributed by atoms with Gasteiger partial charge in [-0.1, -0.05) is 6.92 Å². The molecule has 0 atom stereocenters. The lowest BCUT2D eigenvalue weighted by atomic mass is 10.4. The summed E-state index contributed by atoms with van der Waals surface area (Å²) in [4.78, 5) is 1.81. The van der Waals surface area contributed by atoms with Gasteiger partial charge in [0.15, 0.2) is 0 Å². The number of nitrogens with zero attached hydrogens (tertiary/aromatic N) is 2. The summed E-state index contributed by atoms with van der Waals surface area (Å²) in [6.45, 7) is 2.66. The number of nitriles is 1. The summed E-state index contributed by atoms with van der Waals surface area (Å²) < 4.78 is 22.1. The topological polar surface area (TPSA) is 61.2 Å². The molecule has 4 nitrogen and oxygen atoms in total. The summed E-state index contributed by atoms with van der Waals surface area (Å²) in [7, 11) is -1.03. The highest BCUT2D eigenvalue weighted by atomic mass is 32.2. The van der Waals surface area contributed by atoms with Crippen molar-refractivity contribution >= 4 is 9.84 Å². The molecule has 0 unspecified atom stereocenters. The summed E-state index contributed by atoms with van der Waals surface area (Å²) in [5.74, 6) is 0.425. The van der Waals surface area contributed by atoms with Gasteiger partial charge in [0.25, 0.3) is 0 Å². The van der Waals surface area contributed by atoms with Crippen molar-refractivity contribution in [2.75, 3.05) is 31.6 Å². The molecule has 13 heavy (non-hydrogen) atoms. The molecule has 0 amide bonds. The van der Waals surface area contributed by atoms with Gasteiger partial charge in [0.1, 0.15) is 9.84 Å². The summed E-state index contributed by atoms with van der Waals surface area (Å²) >= 11 is 0. The first-order valence-electron chi connectivity index (χ1n) is 4.27. The van der Waals surface area contributed by atoms with Crippen LogP contribution in [0, 0.1) is 11.3 Å². The molecule has 0 radical (unpaired) electrons. The zero-order valence-electron chi connectivity index (χ0n) is 8.15. The Kier molecular flexibility index (Phi) is 5.67. The minimum atomic E-state index is -2.84. The van der Waals surface area contributed by atoms with Gasteiger partial charge in [0.2, 0.25) is 0 Å². The number of sulfone groups is 1. The molecule has 76 valence electrons. The predicted octanol–water partition coefficient (Wildman–Crippen LogP) is 0.267. The molecule has 0 saturated heterocycles. The summed E-state index contributed by atoms with van der Waals surface area (Å²) in [6.07, 6.45) is 0.606. The van der Waals surface area contributed by atoms with E-state index in [1.54, 1.807) is 6.92 Å². The predicted molar refractivity (Wildman–Crippen MR) is 52.1 cm³/mol. The molecule has 0 bridgehead atoms. The van der Waals surface area contributed by atoms with Crippen molar-refractivity contribution in [2.45, 2.75) is 13.3 Å². The first-order valence-corrected chi connectivity index (χ1v) is 6.10. The Bertz CT molecular complexity index is 266. The Morgan fingerprint density at radius 1 is 1.46 bits per heavy atom. The van der Waals surface area contributed by atoms with Crippen LogP contribution in [-0.4, -0.2) is 45.0 Å². The van der Waals surface area contributed by atoms with Crippen LogP contribution in [0.2, 0.25) is 0 Å². The first-order chi connectivity index (χ1) is 6.02. The lowest BCUT2D eigenvalue weighted by molar-refractivity contribution is 0.375. The van der Waals surface area contributed by atoms with Crippen LogP contribution in [0.15, 0.2) is 0 Å². The largest absolute Gasteiger partial charge is 0.294 e. The average Bonchev–Trinajstić information content (AvgIpc) is 2.05. The second-order valence-corrected chi connectivity index (χ2v) is 5.46. The van der Waals surface area contributed by atoms with Gasteiger partial charge in [-0.25, -0.2) is 8.42 Å². The molecule has 0 heterocycles. The Morgan fingerprint density at radius 3 is 2.54 bits per heavy atom. The maximum Gasteiger partial charge on any atom is 0.150 e. The van der Waals surface area contributed by atoms with Crippen molar-refractivity contribution in [3.63, 3.8) is 0 Å². The van der Waals surface area contributed by atoms with Crippen molar-refractivity contribution in [2.24, 2.45) is 0 Å². The Labute approximate surface area is 80.1 Å². The smallest absolute Gasteiger partial charge is 0.150 e. The Hall–Kier alpha value is -0.600. The molecule has 0 N–H and O–H groups in total. The lowest BCUT2D eigenvalue weighted by Gasteiger charge is -2.11. The van der Waals surface area contributed by atoms with E-state index in [1.165, 1.54) is 0 Å². The van der Waals surface area contributed by atoms with Gasteiger partial charge >= 0.3 is 0 Å². The van der Waals surface area contributed by atoms with E-state index in [-0.39, 0.29) is 11.5 Å². The molecular formula is C8H16N2O2S. The molecule has 0 aromatic heterocycles. The van der Waals surface area contributed by atoms with E-state index in [0.717, 1.165) is 0 Å². The van der Waals surface area contributed by atoms with Crippen molar-refractivity contribution in [3.05, 3.63) is 0 Å². The minimum Gasteiger partial charge on any atom is -0.294 e. The highest BCUT2D eigenvalue weighted by Gasteiger charge is 2.07. The minimum absolute atomic E-state index is 0.203. The van der Waals surface area contributed by atoms with Crippen molar-refractivity contribution in [1.82, 2.24) is 4.90 Å². The summed E-state index contributed by atoms with van der Waals surface area (Å²) in [5, 5.41) is 8.33. The molecule has 5 heteroatoms. The first kappa shape index (κ1) is 12.4. The van der Waals surface area contributed by atoms with E-state index in [0.29, 0.717) is 19.5 Å². The van der Waals surface area contributed by atoms with E-state index >= 15 is 0 Å². The Morgan fingerprint density at radius 2 is 2.08 bits per heavy atom. The molecule has 0 saturated carbocycles. The van der Waals surface area contributed by atoms with Gasteiger partial charge in [-0.3, -0.25) is 4.90 Å². The molecule has 0 aliphatic rings. The SMILES string of the molecule is CCS(=O)(=O)CCCN(C)CC#N. The van der Waals surface area contributed by atoms with E-state index < -0.39 is 9.84 Å². The Balaban J connectivity index is 3.63. The zero-order chi connectivity index (χ0) is 10.3. The monoisotopic (exact) mass is 204 g/mol. The van der Waals surface area contributed by atoms with Gasteiger partial charge in [-0.2, -0.15) is 5.26 Å². The van der Waals surface area contributed by atoms with E-state index in [2.05, 4.69) is 0 Å². The van der Waals surface area contributed by atoms with Crippen LogP contribution in [0.3, 0.4) is 0 Å². The van der Waals surface area contributed by atoms with Crippen molar-refractivity contribution in [1.29, 1.82) is 5.26 Å². The van der Waals surface area contributed by atoms with Crippen molar-refractivity contribution in [3.8, 4) is 6.07 Å². The molecule has 0 aromatic rings. The van der Waals surface area contributed by atoms with Gasteiger partial charge in [0, 0.05) is 5.75 Å². The molecule has 0 spiro atoms. The maximum atomic E-state index is 11.1. The van der Waals surface area contributed by atoms with Crippen molar-refractivity contribution < 1.29 is 8.42 Å². The van der Waals surface area contributed by atoms with Crippen LogP contribution in [0.1, 0.15) is 13.3 Å². The van der Waals surface area contributed by atoms with Crippen LogP contribution in [0.4, 0.5) is 0 Å². The van der Waals surface area contributed by atoms with Crippen LogP contribution in [-0.2, 0) is 9.84 Å².